The summed E-state index contributed by atoms with van der Waals surface area (Å²) in [6.07, 6.45) is 3.21. The highest BCUT2D eigenvalue weighted by atomic mass is 32.2. The van der Waals surface area contributed by atoms with Gasteiger partial charge < -0.3 is 15.4 Å². The van der Waals surface area contributed by atoms with Crippen LogP contribution < -0.4 is 10.6 Å². The van der Waals surface area contributed by atoms with Gasteiger partial charge in [-0.15, -0.1) is 23.1 Å². The number of anilines is 2. The highest BCUT2D eigenvalue weighted by molar-refractivity contribution is 7.99. The first kappa shape index (κ1) is 16.5. The minimum atomic E-state index is -0.304. The predicted octanol–water partition coefficient (Wildman–Crippen LogP) is 3.71. The summed E-state index contributed by atoms with van der Waals surface area (Å²) in [5.41, 5.74) is 6.75. The molecule has 21 heavy (non-hydrogen) atoms. The van der Waals surface area contributed by atoms with Crippen LogP contribution in [0.2, 0.25) is 0 Å². The van der Waals surface area contributed by atoms with Crippen LogP contribution in [0.3, 0.4) is 0 Å². The number of carbonyl (C=O) groups excluding carboxylic acids is 1. The Labute approximate surface area is 135 Å². The summed E-state index contributed by atoms with van der Waals surface area (Å²) in [4.78, 5) is 16.0. The average Bonchev–Trinajstić information content (AvgIpc) is 3.03. The smallest absolute Gasteiger partial charge is 0.350 e. The zero-order chi connectivity index (χ0) is 15.6. The first-order chi connectivity index (χ1) is 9.99. The van der Waals surface area contributed by atoms with Crippen molar-refractivity contribution in [1.82, 2.24) is 0 Å². The van der Waals surface area contributed by atoms with Gasteiger partial charge >= 0.3 is 5.97 Å². The molecule has 0 saturated carbocycles. The van der Waals surface area contributed by atoms with Crippen LogP contribution in [0.5, 0.6) is 0 Å². The molecular formula is C15H24N2O2S2. The van der Waals surface area contributed by atoms with Gasteiger partial charge in [0.1, 0.15) is 9.88 Å². The molecule has 0 radical (unpaired) electrons. The third kappa shape index (κ3) is 3.31. The lowest BCUT2D eigenvalue weighted by atomic mass is 9.95. The Morgan fingerprint density at radius 3 is 2.81 bits per heavy atom. The fourth-order valence-corrected chi connectivity index (χ4v) is 4.80. The Kier molecular flexibility index (Phi) is 5.43. The molecule has 1 saturated heterocycles. The molecule has 4 nitrogen and oxygen atoms in total. The van der Waals surface area contributed by atoms with Gasteiger partial charge in [0.05, 0.1) is 17.2 Å². The predicted molar refractivity (Wildman–Crippen MR) is 91.6 cm³/mol. The Bertz CT molecular complexity index is 514. The number of thioether (sulfide) groups is 1. The van der Waals surface area contributed by atoms with Crippen molar-refractivity contribution in [2.75, 3.05) is 36.6 Å². The minimum Gasteiger partial charge on any atom is -0.462 e. The van der Waals surface area contributed by atoms with Crippen molar-refractivity contribution in [2.45, 2.75) is 32.1 Å². The van der Waals surface area contributed by atoms with E-state index in [1.165, 1.54) is 17.8 Å². The first-order valence-electron chi connectivity index (χ1n) is 7.37. The van der Waals surface area contributed by atoms with Crippen molar-refractivity contribution in [2.24, 2.45) is 11.8 Å². The quantitative estimate of drug-likeness (QED) is 0.659. The second-order valence-electron chi connectivity index (χ2n) is 5.64. The van der Waals surface area contributed by atoms with E-state index in [1.807, 2.05) is 13.2 Å². The molecule has 6 heteroatoms. The van der Waals surface area contributed by atoms with E-state index in [4.69, 9.17) is 10.5 Å². The van der Waals surface area contributed by atoms with E-state index in [9.17, 15) is 4.79 Å². The lowest BCUT2D eigenvalue weighted by Gasteiger charge is -2.19. The number of nitrogens with zero attached hydrogens (tertiary/aromatic N) is 1. The molecular weight excluding hydrogens is 304 g/mol. The van der Waals surface area contributed by atoms with Crippen LogP contribution in [0.4, 0.5) is 10.7 Å². The molecule has 1 atom stereocenters. The van der Waals surface area contributed by atoms with E-state index in [0.29, 0.717) is 29.0 Å². The maximum Gasteiger partial charge on any atom is 0.350 e. The standard InChI is InChI=1S/C15H24N2O2S2/c1-5-19-15(18)13-11(16)12(20-4)14(21-13)17-7-6-10(8-17)9(2)3/h9-10H,5-8,16H2,1-4H3. The molecule has 0 spiro atoms. The van der Waals surface area contributed by atoms with E-state index in [-0.39, 0.29) is 5.97 Å². The zero-order valence-electron chi connectivity index (χ0n) is 13.1. The van der Waals surface area contributed by atoms with E-state index in [0.717, 1.165) is 23.0 Å². The third-order valence-electron chi connectivity index (χ3n) is 4.00. The lowest BCUT2D eigenvalue weighted by molar-refractivity contribution is 0.0533. The van der Waals surface area contributed by atoms with Crippen LogP contribution >= 0.6 is 23.1 Å². The molecule has 1 fully saturated rings. The first-order valence-corrected chi connectivity index (χ1v) is 9.42. The highest BCUT2D eigenvalue weighted by Crippen LogP contribution is 2.45. The fourth-order valence-electron chi connectivity index (χ4n) is 2.69. The van der Waals surface area contributed by atoms with E-state index in [2.05, 4.69) is 18.7 Å². The number of hydrogen-bond acceptors (Lipinski definition) is 6. The molecule has 1 aliphatic heterocycles. The number of hydrogen-bond donors (Lipinski definition) is 1. The van der Waals surface area contributed by atoms with E-state index in [1.54, 1.807) is 11.8 Å². The molecule has 1 unspecified atom stereocenters. The molecule has 0 amide bonds. The van der Waals surface area contributed by atoms with Gasteiger partial charge in [0.25, 0.3) is 0 Å². The Morgan fingerprint density at radius 1 is 1.57 bits per heavy atom. The summed E-state index contributed by atoms with van der Waals surface area (Å²) in [7, 11) is 0. The van der Waals surface area contributed by atoms with Crippen LogP contribution in [-0.2, 0) is 4.74 Å². The SMILES string of the molecule is CCOC(=O)c1sc(N2CCC(C(C)C)C2)c(SC)c1N. The number of esters is 1. The molecule has 0 aromatic carbocycles. The molecule has 1 aromatic rings. The monoisotopic (exact) mass is 328 g/mol. The fraction of sp³-hybridized carbons (Fsp3) is 0.667. The van der Waals surface area contributed by atoms with Crippen LogP contribution in [0.1, 0.15) is 36.9 Å². The second-order valence-corrected chi connectivity index (χ2v) is 7.46. The number of nitrogens with two attached hydrogens (primary N) is 1. The van der Waals surface area contributed by atoms with Crippen molar-refractivity contribution in [1.29, 1.82) is 0 Å². The van der Waals surface area contributed by atoms with E-state index >= 15 is 0 Å². The molecule has 1 aromatic heterocycles. The molecule has 118 valence electrons. The van der Waals surface area contributed by atoms with Crippen molar-refractivity contribution in [3.63, 3.8) is 0 Å². The van der Waals surface area contributed by atoms with Gasteiger partial charge in [-0.3, -0.25) is 0 Å². The second kappa shape index (κ2) is 6.92. The number of thiophene rings is 1. The van der Waals surface area contributed by atoms with Crippen molar-refractivity contribution < 1.29 is 9.53 Å². The molecule has 2 N–H and O–H groups in total. The summed E-state index contributed by atoms with van der Waals surface area (Å²) < 4.78 is 5.11. The number of nitrogen functional groups attached to an aromatic ring is 1. The third-order valence-corrected chi connectivity index (χ3v) is 6.20. The molecule has 2 rings (SSSR count). The molecule has 0 bridgehead atoms. The highest BCUT2D eigenvalue weighted by Gasteiger charge is 2.30. The maximum atomic E-state index is 12.0. The van der Waals surface area contributed by atoms with Gasteiger partial charge in [-0.05, 0) is 31.4 Å². The maximum absolute atomic E-state index is 12.0. The summed E-state index contributed by atoms with van der Waals surface area (Å²) in [5, 5.41) is 1.13. The van der Waals surface area contributed by atoms with Gasteiger partial charge in [0.2, 0.25) is 0 Å². The van der Waals surface area contributed by atoms with Crippen molar-refractivity contribution in [3.8, 4) is 0 Å². The van der Waals surface area contributed by atoms with Gasteiger partial charge in [-0.2, -0.15) is 0 Å². The topological polar surface area (TPSA) is 55.6 Å². The zero-order valence-corrected chi connectivity index (χ0v) is 14.8. The number of ether oxygens (including phenoxy) is 1. The van der Waals surface area contributed by atoms with E-state index < -0.39 is 0 Å². The van der Waals surface area contributed by atoms with Crippen molar-refractivity contribution >= 4 is 39.8 Å². The summed E-state index contributed by atoms with van der Waals surface area (Å²) in [6.45, 7) is 8.82. The Balaban J connectivity index is 2.28. The van der Waals surface area contributed by atoms with Gasteiger partial charge in [0, 0.05) is 13.1 Å². The Morgan fingerprint density at radius 2 is 2.29 bits per heavy atom. The summed E-state index contributed by atoms with van der Waals surface area (Å²) in [6, 6.07) is 0. The van der Waals surface area contributed by atoms with Crippen LogP contribution in [0.15, 0.2) is 4.90 Å². The summed E-state index contributed by atoms with van der Waals surface area (Å²) in [5.74, 6) is 1.10. The number of rotatable bonds is 5. The summed E-state index contributed by atoms with van der Waals surface area (Å²) >= 11 is 3.09. The molecule has 2 heterocycles. The normalized spacial score (nSPS) is 18.5. The largest absolute Gasteiger partial charge is 0.462 e. The van der Waals surface area contributed by atoms with Crippen LogP contribution in [0, 0.1) is 11.8 Å². The minimum absolute atomic E-state index is 0.304. The molecule has 1 aliphatic rings. The average molecular weight is 329 g/mol. The van der Waals surface area contributed by atoms with Crippen molar-refractivity contribution in [3.05, 3.63) is 4.88 Å². The number of carbonyl (C=O) groups is 1. The van der Waals surface area contributed by atoms with Crippen LogP contribution in [-0.4, -0.2) is 31.9 Å². The van der Waals surface area contributed by atoms with Gasteiger partial charge in [0.15, 0.2) is 0 Å². The molecule has 0 aliphatic carbocycles. The Hall–Kier alpha value is -0.880. The van der Waals surface area contributed by atoms with Gasteiger partial charge in [-0.1, -0.05) is 13.8 Å². The van der Waals surface area contributed by atoms with Crippen LogP contribution in [0.25, 0.3) is 0 Å². The van der Waals surface area contributed by atoms with Gasteiger partial charge in [-0.25, -0.2) is 4.79 Å². The lowest BCUT2D eigenvalue weighted by Crippen LogP contribution is -2.20.